The van der Waals surface area contributed by atoms with E-state index in [1.807, 2.05) is 24.3 Å². The first-order chi connectivity index (χ1) is 11.6. The van der Waals surface area contributed by atoms with Crippen LogP contribution in [-0.2, 0) is 28.9 Å². The molecule has 2 nitrogen and oxygen atoms in total. The van der Waals surface area contributed by atoms with E-state index in [4.69, 9.17) is 0 Å². The molecule has 2 aromatic carbocycles. The van der Waals surface area contributed by atoms with E-state index in [0.717, 1.165) is 24.0 Å². The van der Waals surface area contributed by atoms with E-state index in [2.05, 4.69) is 31.2 Å². The SMILES string of the molecule is C[C@H](CCC(=O)Cc1ccc2c(c1)CC(=O)CC2)c1ccccc1. The maximum Gasteiger partial charge on any atom is 0.137 e. The molecule has 0 N–H and O–H groups in total. The first-order valence-electron chi connectivity index (χ1n) is 8.81. The molecule has 0 radical (unpaired) electrons. The zero-order valence-corrected chi connectivity index (χ0v) is 14.3. The van der Waals surface area contributed by atoms with Crippen molar-refractivity contribution in [1.82, 2.24) is 0 Å². The maximum atomic E-state index is 12.3. The van der Waals surface area contributed by atoms with Gasteiger partial charge in [-0.25, -0.2) is 0 Å². The number of hydrogen-bond acceptors (Lipinski definition) is 2. The van der Waals surface area contributed by atoms with Crippen LogP contribution in [0.15, 0.2) is 48.5 Å². The second-order valence-corrected chi connectivity index (χ2v) is 6.88. The Morgan fingerprint density at radius 1 is 1.04 bits per heavy atom. The standard InChI is InChI=1S/C22H24O2/c1-16(18-5-3-2-4-6-18)7-11-21(23)14-17-8-9-19-10-12-22(24)15-20(19)13-17/h2-6,8-9,13,16H,7,10-12,14-15H2,1H3/t16-/m1/s1. The van der Waals surface area contributed by atoms with E-state index in [9.17, 15) is 9.59 Å². The number of fused-ring (bicyclic) bond motifs is 1. The first-order valence-corrected chi connectivity index (χ1v) is 8.81. The van der Waals surface area contributed by atoms with E-state index in [0.29, 0.717) is 37.4 Å². The number of benzene rings is 2. The summed E-state index contributed by atoms with van der Waals surface area (Å²) in [7, 11) is 0. The van der Waals surface area contributed by atoms with Gasteiger partial charge in [0, 0.05) is 25.7 Å². The van der Waals surface area contributed by atoms with Crippen molar-refractivity contribution < 1.29 is 9.59 Å². The van der Waals surface area contributed by atoms with Gasteiger partial charge in [0.05, 0.1) is 0 Å². The summed E-state index contributed by atoms with van der Waals surface area (Å²) in [5, 5.41) is 0. The van der Waals surface area contributed by atoms with E-state index in [1.54, 1.807) is 0 Å². The van der Waals surface area contributed by atoms with Crippen molar-refractivity contribution >= 4 is 11.6 Å². The van der Waals surface area contributed by atoms with E-state index >= 15 is 0 Å². The predicted octanol–water partition coefficient (Wildman–Crippen LogP) is 4.44. The van der Waals surface area contributed by atoms with Gasteiger partial charge >= 0.3 is 0 Å². The van der Waals surface area contributed by atoms with Crippen molar-refractivity contribution in [3.05, 3.63) is 70.8 Å². The normalized spacial score (nSPS) is 15.0. The molecular weight excluding hydrogens is 296 g/mol. The summed E-state index contributed by atoms with van der Waals surface area (Å²) in [5.74, 6) is 0.985. The molecule has 0 fully saturated rings. The van der Waals surface area contributed by atoms with Gasteiger partial charge in [0.25, 0.3) is 0 Å². The smallest absolute Gasteiger partial charge is 0.137 e. The van der Waals surface area contributed by atoms with Crippen molar-refractivity contribution in [3.63, 3.8) is 0 Å². The molecule has 1 atom stereocenters. The second kappa shape index (κ2) is 7.57. The van der Waals surface area contributed by atoms with Crippen LogP contribution in [0.2, 0.25) is 0 Å². The lowest BCUT2D eigenvalue weighted by molar-refractivity contribution is -0.119. The second-order valence-electron chi connectivity index (χ2n) is 6.88. The number of hydrogen-bond donors (Lipinski definition) is 0. The Balaban J connectivity index is 1.55. The van der Waals surface area contributed by atoms with Crippen LogP contribution in [0, 0.1) is 0 Å². The Morgan fingerprint density at radius 2 is 1.83 bits per heavy atom. The zero-order valence-electron chi connectivity index (χ0n) is 14.3. The molecule has 3 rings (SSSR count). The summed E-state index contributed by atoms with van der Waals surface area (Å²) in [6, 6.07) is 16.5. The minimum atomic E-state index is 0.278. The average Bonchev–Trinajstić information content (AvgIpc) is 2.60. The summed E-state index contributed by atoms with van der Waals surface area (Å²) in [5.41, 5.74) is 4.72. The third-order valence-electron chi connectivity index (χ3n) is 4.96. The number of rotatable bonds is 6. The van der Waals surface area contributed by atoms with Crippen LogP contribution in [0.4, 0.5) is 0 Å². The fourth-order valence-corrected chi connectivity index (χ4v) is 3.41. The molecule has 2 aromatic rings. The first kappa shape index (κ1) is 16.6. The molecule has 0 amide bonds. The van der Waals surface area contributed by atoms with Crippen molar-refractivity contribution in [2.24, 2.45) is 0 Å². The topological polar surface area (TPSA) is 34.1 Å². The van der Waals surface area contributed by atoms with Crippen molar-refractivity contribution in [2.45, 2.75) is 51.4 Å². The van der Waals surface area contributed by atoms with E-state index in [1.165, 1.54) is 11.1 Å². The quantitative estimate of drug-likeness (QED) is 0.788. The van der Waals surface area contributed by atoms with Gasteiger partial charge in [0.2, 0.25) is 0 Å². The molecular formula is C22H24O2. The molecule has 0 spiro atoms. The summed E-state index contributed by atoms with van der Waals surface area (Å²) in [4.78, 5) is 23.9. The molecule has 1 aliphatic carbocycles. The van der Waals surface area contributed by atoms with Crippen LogP contribution < -0.4 is 0 Å². The lowest BCUT2D eigenvalue weighted by Crippen LogP contribution is -2.14. The largest absolute Gasteiger partial charge is 0.299 e. The Hall–Kier alpha value is -2.22. The Bertz CT molecular complexity index is 731. The molecule has 0 bridgehead atoms. The molecule has 2 heteroatoms. The van der Waals surface area contributed by atoms with Gasteiger partial charge in [-0.2, -0.15) is 0 Å². The van der Waals surface area contributed by atoms with Crippen LogP contribution in [0.5, 0.6) is 0 Å². The number of aryl methyl sites for hydroxylation is 1. The molecule has 0 heterocycles. The third kappa shape index (κ3) is 4.19. The van der Waals surface area contributed by atoms with Gasteiger partial charge in [0.15, 0.2) is 0 Å². The molecule has 0 aliphatic heterocycles. The maximum absolute atomic E-state index is 12.3. The minimum Gasteiger partial charge on any atom is -0.299 e. The van der Waals surface area contributed by atoms with Crippen molar-refractivity contribution in [1.29, 1.82) is 0 Å². The third-order valence-corrected chi connectivity index (χ3v) is 4.96. The number of carbonyl (C=O) groups excluding carboxylic acids is 2. The highest BCUT2D eigenvalue weighted by Crippen LogP contribution is 2.23. The van der Waals surface area contributed by atoms with Crippen molar-refractivity contribution in [3.8, 4) is 0 Å². The monoisotopic (exact) mass is 320 g/mol. The van der Waals surface area contributed by atoms with Gasteiger partial charge in [-0.15, -0.1) is 0 Å². The van der Waals surface area contributed by atoms with Gasteiger partial charge in [0.1, 0.15) is 11.6 Å². The van der Waals surface area contributed by atoms with Crippen molar-refractivity contribution in [2.75, 3.05) is 0 Å². The molecule has 0 aromatic heterocycles. The van der Waals surface area contributed by atoms with E-state index < -0.39 is 0 Å². The lowest BCUT2D eigenvalue weighted by Gasteiger charge is -2.16. The fourth-order valence-electron chi connectivity index (χ4n) is 3.41. The predicted molar refractivity (Wildman–Crippen MR) is 96.3 cm³/mol. The summed E-state index contributed by atoms with van der Waals surface area (Å²) in [6.45, 7) is 2.17. The summed E-state index contributed by atoms with van der Waals surface area (Å²) < 4.78 is 0. The number of carbonyl (C=O) groups is 2. The molecule has 0 saturated heterocycles. The van der Waals surface area contributed by atoms with E-state index in [-0.39, 0.29) is 5.78 Å². The molecule has 124 valence electrons. The highest BCUT2D eigenvalue weighted by atomic mass is 16.1. The molecule has 0 unspecified atom stereocenters. The Morgan fingerprint density at radius 3 is 2.62 bits per heavy atom. The fraction of sp³-hybridized carbons (Fsp3) is 0.364. The van der Waals surface area contributed by atoms with Crippen LogP contribution in [-0.4, -0.2) is 11.6 Å². The number of ketones is 2. The summed E-state index contributed by atoms with van der Waals surface area (Å²) in [6.07, 6.45) is 3.99. The van der Waals surface area contributed by atoms with Crippen LogP contribution in [0.3, 0.4) is 0 Å². The number of Topliss-reactive ketones (excluding diaryl/α,β-unsaturated/α-hetero) is 2. The summed E-state index contributed by atoms with van der Waals surface area (Å²) >= 11 is 0. The molecule has 1 aliphatic rings. The molecule has 0 saturated carbocycles. The van der Waals surface area contributed by atoms with Gasteiger partial charge in [-0.05, 0) is 41.0 Å². The van der Waals surface area contributed by atoms with Crippen LogP contribution in [0.25, 0.3) is 0 Å². The molecule has 24 heavy (non-hydrogen) atoms. The highest BCUT2D eigenvalue weighted by Gasteiger charge is 2.16. The van der Waals surface area contributed by atoms with Crippen LogP contribution in [0.1, 0.15) is 54.4 Å². The Labute approximate surface area is 143 Å². The van der Waals surface area contributed by atoms with Gasteiger partial charge in [-0.3, -0.25) is 9.59 Å². The average molecular weight is 320 g/mol. The minimum absolute atomic E-state index is 0.278. The van der Waals surface area contributed by atoms with Crippen LogP contribution >= 0.6 is 0 Å². The zero-order chi connectivity index (χ0) is 16.9. The van der Waals surface area contributed by atoms with Gasteiger partial charge in [-0.1, -0.05) is 55.5 Å². The lowest BCUT2D eigenvalue weighted by atomic mass is 9.88. The Kier molecular flexibility index (Phi) is 5.24. The highest BCUT2D eigenvalue weighted by molar-refractivity contribution is 5.84. The van der Waals surface area contributed by atoms with Gasteiger partial charge < -0.3 is 0 Å².